The van der Waals surface area contributed by atoms with Gasteiger partial charge in [0.15, 0.2) is 56.8 Å². The molecular formula is C31H41Br3Cl2N6. The summed E-state index contributed by atoms with van der Waals surface area (Å²) in [5, 5.41) is 0.194. The molecule has 3 aromatic heterocycles. The molecule has 0 atom stereocenters. The van der Waals surface area contributed by atoms with Crippen LogP contribution in [0.25, 0.3) is 0 Å². The molecule has 0 spiro atoms. The molecule has 11 heteroatoms. The number of hydrogen-bond acceptors (Lipinski definition) is 3. The molecule has 3 heterocycles. The number of hydrogen-bond donors (Lipinski definition) is 3. The Morgan fingerprint density at radius 1 is 0.500 bits per heavy atom. The molecule has 4 aromatic rings. The molecule has 0 amide bonds. The lowest BCUT2D eigenvalue weighted by atomic mass is 9.83. The Labute approximate surface area is 292 Å². The number of nitrogens with zero attached hydrogens (tertiary/aromatic N) is 3. The van der Waals surface area contributed by atoms with Crippen LogP contribution in [0.5, 0.6) is 0 Å². The monoisotopic (exact) mass is 804 g/mol. The lowest BCUT2D eigenvalue weighted by Crippen LogP contribution is -3.00. The average Bonchev–Trinajstić information content (AvgIpc) is 2.90. The third kappa shape index (κ3) is 10.7. The van der Waals surface area contributed by atoms with Crippen molar-refractivity contribution in [1.82, 2.24) is 0 Å². The number of aromatic nitrogens is 3. The minimum Gasteiger partial charge on any atom is -1.00 e. The fraction of sp³-hybridized carbons (Fsp3) is 0.323. The first-order valence-electron chi connectivity index (χ1n) is 13.4. The number of rotatable bonds is 9. The van der Waals surface area contributed by atoms with E-state index in [2.05, 4.69) is 53.1 Å². The van der Waals surface area contributed by atoms with E-state index < -0.39 is 0 Å². The molecular weight excluding hydrogens is 767 g/mol. The molecule has 42 heavy (non-hydrogen) atoms. The normalized spacial score (nSPS) is 9.93. The number of nitrogens with two attached hydrogens (primary N) is 3. The van der Waals surface area contributed by atoms with Crippen LogP contribution in [0.15, 0.2) is 73.6 Å². The van der Waals surface area contributed by atoms with Gasteiger partial charge in [-0.05, 0) is 54.2 Å². The van der Waals surface area contributed by atoms with Gasteiger partial charge in [0, 0.05) is 34.9 Å². The summed E-state index contributed by atoms with van der Waals surface area (Å²) < 4.78 is 6.59. The minimum atomic E-state index is 0. The van der Waals surface area contributed by atoms with Gasteiger partial charge in [-0.1, -0.05) is 20.8 Å². The Morgan fingerprint density at radius 3 is 0.929 bits per heavy atom. The van der Waals surface area contributed by atoms with Crippen molar-refractivity contribution < 1.29 is 64.6 Å². The number of nitrogen functional groups attached to an aromatic ring is 3. The molecule has 6 N–H and O–H groups in total. The molecule has 0 radical (unpaired) electrons. The lowest BCUT2D eigenvalue weighted by molar-refractivity contribution is -0.690. The molecule has 0 saturated carbocycles. The van der Waals surface area contributed by atoms with Crippen LogP contribution in [0, 0.1) is 0 Å². The largest absolute Gasteiger partial charge is 1.00 e. The fourth-order valence-electron chi connectivity index (χ4n) is 5.42. The Balaban J connectivity index is 0.00000269. The Hall–Kier alpha value is -1.91. The van der Waals surface area contributed by atoms with Crippen molar-refractivity contribution in [3.63, 3.8) is 0 Å². The van der Waals surface area contributed by atoms with Crippen LogP contribution in [0.2, 0.25) is 0 Å². The van der Waals surface area contributed by atoms with Crippen molar-refractivity contribution in [2.24, 2.45) is 0 Å². The molecule has 4 rings (SSSR count). The predicted octanol–water partition coefficient (Wildman–Crippen LogP) is -4.44. The smallest absolute Gasteiger partial charge is 0.192 e. The van der Waals surface area contributed by atoms with Crippen molar-refractivity contribution in [3.8, 4) is 0 Å². The van der Waals surface area contributed by atoms with E-state index in [1.165, 1.54) is 33.4 Å². The van der Waals surface area contributed by atoms with Crippen LogP contribution in [0.4, 0.5) is 17.1 Å². The Kier molecular flexibility index (Phi) is 19.2. The van der Waals surface area contributed by atoms with Crippen molar-refractivity contribution in [1.29, 1.82) is 0 Å². The molecule has 0 unspecified atom stereocenters. The average molecular weight is 808 g/mol. The van der Waals surface area contributed by atoms with Gasteiger partial charge >= 0.3 is 0 Å². The van der Waals surface area contributed by atoms with Gasteiger partial charge in [0.25, 0.3) is 0 Å². The van der Waals surface area contributed by atoms with Crippen molar-refractivity contribution in [2.75, 3.05) is 22.5 Å². The fourth-order valence-corrected chi connectivity index (χ4v) is 5.42. The highest BCUT2D eigenvalue weighted by Crippen LogP contribution is 2.31. The van der Waals surface area contributed by atoms with Crippen molar-refractivity contribution in [3.05, 3.63) is 107 Å². The first-order valence-corrected chi connectivity index (χ1v) is 14.4. The number of halogens is 5. The predicted molar refractivity (Wildman–Crippen MR) is 162 cm³/mol. The lowest BCUT2D eigenvalue weighted by Gasteiger charge is -2.22. The van der Waals surface area contributed by atoms with Gasteiger partial charge < -0.3 is 68.1 Å². The molecule has 0 aliphatic heterocycles. The van der Waals surface area contributed by atoms with Crippen LogP contribution >= 0.6 is 23.2 Å². The topological polar surface area (TPSA) is 89.7 Å². The molecule has 6 nitrogen and oxygen atoms in total. The third-order valence-corrected chi connectivity index (χ3v) is 6.91. The Morgan fingerprint density at radius 2 is 0.738 bits per heavy atom. The van der Waals surface area contributed by atoms with Crippen LogP contribution in [0.1, 0.15) is 54.2 Å². The van der Waals surface area contributed by atoms with Crippen LogP contribution in [0.3, 0.4) is 0 Å². The Bertz CT molecular complexity index is 1220. The van der Waals surface area contributed by atoms with E-state index >= 15 is 0 Å². The molecule has 0 saturated heterocycles. The van der Waals surface area contributed by atoms with Gasteiger partial charge in [-0.2, -0.15) is 13.7 Å². The second kappa shape index (κ2) is 20.1. The molecule has 0 bridgehead atoms. The SMILES string of the molecule is CCc1c(C[n+]2cccc(N)c2)c(CC)c(C[n+]2cccc(N)c2)c(CC)c1C[n+]1cccc(N)c1.ClCCl.[Br-].[Br-].[Br-]. The maximum absolute atomic E-state index is 6.14. The number of alkyl halides is 2. The first-order chi connectivity index (χ1) is 18.8. The summed E-state index contributed by atoms with van der Waals surface area (Å²) in [7, 11) is 0. The zero-order chi connectivity index (χ0) is 28.4. The summed E-state index contributed by atoms with van der Waals surface area (Å²) in [5.74, 6) is 0. The molecule has 0 aliphatic rings. The summed E-state index contributed by atoms with van der Waals surface area (Å²) in [6.07, 6.45) is 15.2. The summed E-state index contributed by atoms with van der Waals surface area (Å²) in [6, 6.07) is 11.8. The maximum Gasteiger partial charge on any atom is 0.192 e. The second-order valence-corrected chi connectivity index (χ2v) is 10.3. The molecule has 0 aliphatic carbocycles. The zero-order valence-electron chi connectivity index (χ0n) is 24.3. The summed E-state index contributed by atoms with van der Waals surface area (Å²) in [5.41, 5.74) is 29.2. The number of anilines is 3. The van der Waals surface area contributed by atoms with Crippen LogP contribution in [-0.4, -0.2) is 5.34 Å². The minimum absolute atomic E-state index is 0. The zero-order valence-corrected chi connectivity index (χ0v) is 30.6. The van der Waals surface area contributed by atoms with Gasteiger partial charge in [0.1, 0.15) is 0 Å². The van der Waals surface area contributed by atoms with E-state index in [1.807, 2.05) is 55.0 Å². The van der Waals surface area contributed by atoms with E-state index in [1.54, 1.807) is 0 Å². The van der Waals surface area contributed by atoms with E-state index in [-0.39, 0.29) is 56.3 Å². The summed E-state index contributed by atoms with van der Waals surface area (Å²) in [6.45, 7) is 9.14. The molecule has 1 aromatic carbocycles. The van der Waals surface area contributed by atoms with Crippen LogP contribution in [-0.2, 0) is 38.9 Å². The quantitative estimate of drug-likeness (QED) is 0.118. The van der Waals surface area contributed by atoms with Gasteiger partial charge in [-0.25, -0.2) is 0 Å². The van der Waals surface area contributed by atoms with E-state index in [4.69, 9.17) is 40.4 Å². The number of pyridine rings is 3. The summed E-state index contributed by atoms with van der Waals surface area (Å²) in [4.78, 5) is 0. The standard InChI is InChI=1S/C30H39N6.CH2Cl2.3BrH/c1-4-25-28(19-34-13-7-10-22(31)16-34)26(5-2)30(21-36-15-9-12-24(33)18-36)27(6-3)29(25)20-35-14-8-11-23(32)17-35;2-1-3;;;/h7-18H,4-6,19-21,31-33H2,1-3H3;1H2;3*1H/q+3;;;;/p-3. The van der Waals surface area contributed by atoms with Gasteiger partial charge in [0.05, 0.1) is 22.4 Å². The number of benzene rings is 1. The first kappa shape index (κ1) is 40.1. The van der Waals surface area contributed by atoms with Crippen molar-refractivity contribution >= 4 is 40.3 Å². The third-order valence-electron chi connectivity index (χ3n) is 6.91. The molecule has 0 fully saturated rings. The van der Waals surface area contributed by atoms with E-state index in [0.717, 1.165) is 56.0 Å². The van der Waals surface area contributed by atoms with Crippen molar-refractivity contribution in [2.45, 2.75) is 59.7 Å². The highest BCUT2D eigenvalue weighted by Gasteiger charge is 2.27. The van der Waals surface area contributed by atoms with Gasteiger partial charge in [-0.15, -0.1) is 23.2 Å². The molecule has 230 valence electrons. The van der Waals surface area contributed by atoms with Crippen LogP contribution < -0.4 is 81.8 Å². The maximum atomic E-state index is 6.14. The van der Waals surface area contributed by atoms with Gasteiger partial charge in [0.2, 0.25) is 0 Å². The van der Waals surface area contributed by atoms with E-state index in [0.29, 0.717) is 0 Å². The highest BCUT2D eigenvalue weighted by atomic mass is 79.9. The van der Waals surface area contributed by atoms with E-state index in [9.17, 15) is 0 Å². The summed E-state index contributed by atoms with van der Waals surface area (Å²) >= 11 is 9.53. The highest BCUT2D eigenvalue weighted by molar-refractivity contribution is 6.40. The van der Waals surface area contributed by atoms with Gasteiger partial charge in [-0.3, -0.25) is 0 Å². The second-order valence-electron chi connectivity index (χ2n) is 9.46.